The number of rotatable bonds is 2. The minimum absolute atomic E-state index is 0.692. The van der Waals surface area contributed by atoms with Crippen LogP contribution in [0.15, 0.2) is 17.4 Å². The van der Waals surface area contributed by atoms with Crippen molar-refractivity contribution in [3.05, 3.63) is 18.0 Å². The first-order valence-corrected chi connectivity index (χ1v) is 6.49. The summed E-state index contributed by atoms with van der Waals surface area (Å²) in [4.78, 5) is 8.77. The third-order valence-electron chi connectivity index (χ3n) is 2.86. The van der Waals surface area contributed by atoms with Crippen molar-refractivity contribution in [3.8, 4) is 0 Å². The summed E-state index contributed by atoms with van der Waals surface area (Å²) in [5.74, 6) is 0.692. The summed E-state index contributed by atoms with van der Waals surface area (Å²) in [6.07, 6.45) is 10.7. The molecule has 0 bridgehead atoms. The molecule has 0 saturated heterocycles. The van der Waals surface area contributed by atoms with Gasteiger partial charge in [-0.25, -0.2) is 9.97 Å². The lowest BCUT2D eigenvalue weighted by atomic mass is 9.87. The highest BCUT2D eigenvalue weighted by molar-refractivity contribution is 7.98. The molecule has 1 aromatic rings. The molecule has 1 fully saturated rings. The molecule has 0 spiro atoms. The van der Waals surface area contributed by atoms with Crippen LogP contribution in [0.5, 0.6) is 0 Å². The van der Waals surface area contributed by atoms with Crippen LogP contribution in [0.25, 0.3) is 0 Å². The van der Waals surface area contributed by atoms with E-state index in [1.165, 1.54) is 37.8 Å². The molecule has 14 heavy (non-hydrogen) atoms. The zero-order chi connectivity index (χ0) is 9.80. The van der Waals surface area contributed by atoms with Crippen molar-refractivity contribution < 1.29 is 0 Å². The molecule has 0 atom stereocenters. The molecule has 3 heteroatoms. The Hall–Kier alpha value is -0.570. The fourth-order valence-corrected chi connectivity index (χ4v) is 2.44. The van der Waals surface area contributed by atoms with Crippen LogP contribution in [0, 0.1) is 0 Å². The van der Waals surface area contributed by atoms with Crippen molar-refractivity contribution in [1.82, 2.24) is 9.97 Å². The average molecular weight is 208 g/mol. The second-order valence-corrected chi connectivity index (χ2v) is 4.58. The van der Waals surface area contributed by atoms with Crippen LogP contribution in [0.1, 0.15) is 43.7 Å². The van der Waals surface area contributed by atoms with Crippen molar-refractivity contribution in [2.24, 2.45) is 0 Å². The van der Waals surface area contributed by atoms with Gasteiger partial charge in [0.05, 0.1) is 0 Å². The third-order valence-corrected chi connectivity index (χ3v) is 3.42. The first-order valence-electron chi connectivity index (χ1n) is 5.27. The first-order chi connectivity index (χ1) is 6.90. The van der Waals surface area contributed by atoms with E-state index in [9.17, 15) is 0 Å². The second-order valence-electron chi connectivity index (χ2n) is 3.80. The standard InChI is InChI=1S/C11H16N2S/c1-14-11-12-8-7-10(13-11)9-5-3-2-4-6-9/h7-9H,2-6H2,1H3. The van der Waals surface area contributed by atoms with Crippen LogP contribution in [-0.4, -0.2) is 16.2 Å². The Labute approximate surface area is 89.5 Å². The lowest BCUT2D eigenvalue weighted by Crippen LogP contribution is -2.07. The van der Waals surface area contributed by atoms with E-state index >= 15 is 0 Å². The highest BCUT2D eigenvalue weighted by atomic mass is 32.2. The molecule has 1 aliphatic rings. The third kappa shape index (κ3) is 2.27. The zero-order valence-corrected chi connectivity index (χ0v) is 9.39. The maximum Gasteiger partial charge on any atom is 0.187 e. The van der Waals surface area contributed by atoms with Crippen molar-refractivity contribution in [3.63, 3.8) is 0 Å². The normalized spacial score (nSPS) is 18.4. The van der Waals surface area contributed by atoms with Gasteiger partial charge >= 0.3 is 0 Å². The molecule has 76 valence electrons. The number of aromatic nitrogens is 2. The molecule has 0 aromatic carbocycles. The average Bonchev–Trinajstić information content (AvgIpc) is 2.30. The highest BCUT2D eigenvalue weighted by Gasteiger charge is 2.16. The summed E-state index contributed by atoms with van der Waals surface area (Å²) in [6, 6.07) is 2.08. The summed E-state index contributed by atoms with van der Waals surface area (Å²) in [6.45, 7) is 0. The highest BCUT2D eigenvalue weighted by Crippen LogP contribution is 2.31. The van der Waals surface area contributed by atoms with E-state index in [4.69, 9.17) is 0 Å². The Morgan fingerprint density at radius 1 is 1.29 bits per heavy atom. The SMILES string of the molecule is CSc1nccc(C2CCCCC2)n1. The summed E-state index contributed by atoms with van der Waals surface area (Å²) >= 11 is 1.62. The van der Waals surface area contributed by atoms with Crippen molar-refractivity contribution in [2.75, 3.05) is 6.26 Å². The van der Waals surface area contributed by atoms with Gasteiger partial charge in [0, 0.05) is 17.8 Å². The molecular weight excluding hydrogens is 192 g/mol. The minimum atomic E-state index is 0.692. The van der Waals surface area contributed by atoms with Gasteiger partial charge in [-0.3, -0.25) is 0 Å². The van der Waals surface area contributed by atoms with Crippen LogP contribution < -0.4 is 0 Å². The number of hydrogen-bond donors (Lipinski definition) is 0. The van der Waals surface area contributed by atoms with Crippen molar-refractivity contribution in [2.45, 2.75) is 43.2 Å². The van der Waals surface area contributed by atoms with E-state index in [-0.39, 0.29) is 0 Å². The van der Waals surface area contributed by atoms with Gasteiger partial charge in [0.2, 0.25) is 0 Å². The maximum absolute atomic E-state index is 4.57. The van der Waals surface area contributed by atoms with Gasteiger partial charge in [-0.2, -0.15) is 0 Å². The minimum Gasteiger partial charge on any atom is -0.231 e. The predicted octanol–water partition coefficient (Wildman–Crippen LogP) is 3.25. The number of nitrogens with zero attached hydrogens (tertiary/aromatic N) is 2. The molecular formula is C11H16N2S. The molecule has 0 amide bonds. The van der Waals surface area contributed by atoms with Gasteiger partial charge in [-0.15, -0.1) is 0 Å². The first kappa shape index (κ1) is 9.97. The van der Waals surface area contributed by atoms with E-state index in [1.807, 2.05) is 12.5 Å². The van der Waals surface area contributed by atoms with Gasteiger partial charge in [-0.05, 0) is 25.2 Å². The fraction of sp³-hybridized carbons (Fsp3) is 0.636. The van der Waals surface area contributed by atoms with Crippen LogP contribution in [0.3, 0.4) is 0 Å². The number of hydrogen-bond acceptors (Lipinski definition) is 3. The van der Waals surface area contributed by atoms with E-state index in [2.05, 4.69) is 16.0 Å². The Kier molecular flexibility index (Phi) is 3.40. The fourth-order valence-electron chi connectivity index (χ4n) is 2.08. The predicted molar refractivity (Wildman–Crippen MR) is 59.6 cm³/mol. The van der Waals surface area contributed by atoms with Gasteiger partial charge in [0.1, 0.15) is 0 Å². The topological polar surface area (TPSA) is 25.8 Å². The summed E-state index contributed by atoms with van der Waals surface area (Å²) in [7, 11) is 0. The summed E-state index contributed by atoms with van der Waals surface area (Å²) in [5.41, 5.74) is 1.25. The lowest BCUT2D eigenvalue weighted by Gasteiger charge is -2.20. The maximum atomic E-state index is 4.57. The van der Waals surface area contributed by atoms with Gasteiger partial charge < -0.3 is 0 Å². The zero-order valence-electron chi connectivity index (χ0n) is 8.57. The van der Waals surface area contributed by atoms with Gasteiger partial charge in [-0.1, -0.05) is 31.0 Å². The van der Waals surface area contributed by atoms with Crippen LogP contribution in [-0.2, 0) is 0 Å². The molecule has 1 heterocycles. The quantitative estimate of drug-likeness (QED) is 0.551. The van der Waals surface area contributed by atoms with Crippen molar-refractivity contribution in [1.29, 1.82) is 0 Å². The van der Waals surface area contributed by atoms with E-state index in [1.54, 1.807) is 11.8 Å². The Morgan fingerprint density at radius 3 is 2.79 bits per heavy atom. The Balaban J connectivity index is 2.13. The van der Waals surface area contributed by atoms with Crippen molar-refractivity contribution >= 4 is 11.8 Å². The van der Waals surface area contributed by atoms with E-state index in [0.29, 0.717) is 5.92 Å². The summed E-state index contributed by atoms with van der Waals surface area (Å²) < 4.78 is 0. The molecule has 2 rings (SSSR count). The monoisotopic (exact) mass is 208 g/mol. The molecule has 2 nitrogen and oxygen atoms in total. The van der Waals surface area contributed by atoms with Crippen LogP contribution in [0.2, 0.25) is 0 Å². The van der Waals surface area contributed by atoms with Gasteiger partial charge in [0.25, 0.3) is 0 Å². The molecule has 1 saturated carbocycles. The van der Waals surface area contributed by atoms with Gasteiger partial charge in [0.15, 0.2) is 5.16 Å². The summed E-state index contributed by atoms with van der Waals surface area (Å²) in [5, 5.41) is 0.910. The number of thioether (sulfide) groups is 1. The molecule has 0 radical (unpaired) electrons. The Bertz CT molecular complexity index is 295. The second kappa shape index (κ2) is 4.78. The molecule has 1 aliphatic carbocycles. The molecule has 0 N–H and O–H groups in total. The molecule has 0 aliphatic heterocycles. The smallest absolute Gasteiger partial charge is 0.187 e. The lowest BCUT2D eigenvalue weighted by molar-refractivity contribution is 0.434. The largest absolute Gasteiger partial charge is 0.231 e. The molecule has 0 unspecified atom stereocenters. The van der Waals surface area contributed by atoms with Crippen LogP contribution >= 0.6 is 11.8 Å². The molecule has 1 aromatic heterocycles. The van der Waals surface area contributed by atoms with E-state index in [0.717, 1.165) is 5.16 Å². The van der Waals surface area contributed by atoms with Crippen LogP contribution in [0.4, 0.5) is 0 Å². The Morgan fingerprint density at radius 2 is 2.07 bits per heavy atom. The van der Waals surface area contributed by atoms with E-state index < -0.39 is 0 Å².